The van der Waals surface area contributed by atoms with Gasteiger partial charge in [-0.3, -0.25) is 0 Å². The zero-order valence-corrected chi connectivity index (χ0v) is 13.2. The monoisotopic (exact) mass is 349 g/mol. The van der Waals surface area contributed by atoms with Crippen LogP contribution in [0.3, 0.4) is 0 Å². The first-order valence-corrected chi connectivity index (χ1v) is 7.87. The van der Waals surface area contributed by atoms with E-state index in [2.05, 4.69) is 27.3 Å². The summed E-state index contributed by atoms with van der Waals surface area (Å²) in [5.74, 6) is 3.79. The lowest BCUT2D eigenvalue weighted by Gasteiger charge is -2.24. The lowest BCUT2D eigenvalue weighted by Crippen LogP contribution is -2.23. The molecule has 1 fully saturated rings. The first kappa shape index (κ1) is 17.3. The van der Waals surface area contributed by atoms with Crippen molar-refractivity contribution in [1.82, 2.24) is 15.4 Å². The van der Waals surface area contributed by atoms with Crippen LogP contribution >= 0.6 is 0 Å². The van der Waals surface area contributed by atoms with Crippen molar-refractivity contribution >= 4 is 0 Å². The minimum atomic E-state index is -2.56. The lowest BCUT2D eigenvalue weighted by atomic mass is 9.87. The predicted octanol–water partition coefficient (Wildman–Crippen LogP) is 2.76. The maximum absolute atomic E-state index is 13.1. The standard InChI is InChI=1S/C17H17F2N3O3/c18-17(19)8-6-11(7-9-17)4-5-12-2-1-3-13(10-12)25-15-14(16(23)24)20-22-21-15/h1-3,10-11,16,23-24H,6-9H2,(H,20,21,22). The average Bonchev–Trinajstić information content (AvgIpc) is 3.03. The van der Waals surface area contributed by atoms with Gasteiger partial charge in [-0.15, -0.1) is 5.10 Å². The number of nitrogens with one attached hydrogen (secondary N) is 1. The summed E-state index contributed by atoms with van der Waals surface area (Å²) in [5.41, 5.74) is 0.545. The number of aliphatic hydroxyl groups excluding tert-OH is 1. The number of aliphatic hydroxyl groups is 2. The molecular weight excluding hydrogens is 332 g/mol. The summed E-state index contributed by atoms with van der Waals surface area (Å²) in [6.07, 6.45) is -1.25. The van der Waals surface area contributed by atoms with Gasteiger partial charge in [0, 0.05) is 24.3 Å². The first-order valence-electron chi connectivity index (χ1n) is 7.87. The highest BCUT2D eigenvalue weighted by Crippen LogP contribution is 2.35. The third-order valence-electron chi connectivity index (χ3n) is 3.97. The van der Waals surface area contributed by atoms with Gasteiger partial charge in [0.1, 0.15) is 5.75 Å². The van der Waals surface area contributed by atoms with E-state index in [1.54, 1.807) is 24.3 Å². The number of hydrogen-bond acceptors (Lipinski definition) is 5. The molecule has 8 heteroatoms. The molecule has 0 bridgehead atoms. The Kier molecular flexibility index (Phi) is 4.97. The van der Waals surface area contributed by atoms with Crippen LogP contribution in [0.25, 0.3) is 0 Å². The normalized spacial score (nSPS) is 17.2. The Bertz CT molecular complexity index is 786. The summed E-state index contributed by atoms with van der Waals surface area (Å²) in [5, 5.41) is 27.9. The second-order valence-electron chi connectivity index (χ2n) is 5.92. The van der Waals surface area contributed by atoms with Crippen molar-refractivity contribution in [3.63, 3.8) is 0 Å². The quantitative estimate of drug-likeness (QED) is 0.585. The molecule has 0 radical (unpaired) electrons. The molecule has 0 aliphatic heterocycles. The van der Waals surface area contributed by atoms with Crippen LogP contribution in [0.15, 0.2) is 24.3 Å². The largest absolute Gasteiger partial charge is 0.436 e. The molecule has 2 aromatic rings. The summed E-state index contributed by atoms with van der Waals surface area (Å²) >= 11 is 0. The highest BCUT2D eigenvalue weighted by molar-refractivity contribution is 5.41. The van der Waals surface area contributed by atoms with Gasteiger partial charge in [-0.05, 0) is 31.0 Å². The van der Waals surface area contributed by atoms with Gasteiger partial charge in [0.2, 0.25) is 12.2 Å². The third kappa shape index (κ3) is 4.53. The van der Waals surface area contributed by atoms with Crippen LogP contribution in [0.1, 0.15) is 43.2 Å². The van der Waals surface area contributed by atoms with Crippen molar-refractivity contribution < 1.29 is 23.7 Å². The number of H-pyrrole nitrogens is 1. The SMILES string of the molecule is OC(O)c1n[nH]nc1Oc1cccc(C#CC2CCC(F)(F)CC2)c1. The number of rotatable bonds is 3. The Morgan fingerprint density at radius 2 is 2.00 bits per heavy atom. The Morgan fingerprint density at radius 1 is 1.24 bits per heavy atom. The van der Waals surface area contributed by atoms with E-state index in [9.17, 15) is 8.78 Å². The summed E-state index contributed by atoms with van der Waals surface area (Å²) in [6, 6.07) is 6.83. The van der Waals surface area contributed by atoms with Crippen molar-refractivity contribution in [1.29, 1.82) is 0 Å². The second kappa shape index (κ2) is 7.17. The van der Waals surface area contributed by atoms with Crippen LogP contribution in [-0.4, -0.2) is 31.5 Å². The van der Waals surface area contributed by atoms with Crippen LogP contribution in [0, 0.1) is 17.8 Å². The van der Waals surface area contributed by atoms with Gasteiger partial charge >= 0.3 is 0 Å². The maximum Gasteiger partial charge on any atom is 0.267 e. The van der Waals surface area contributed by atoms with Crippen molar-refractivity contribution in [2.24, 2.45) is 5.92 Å². The van der Waals surface area contributed by atoms with Gasteiger partial charge in [-0.2, -0.15) is 10.3 Å². The molecule has 3 rings (SSSR count). The fraction of sp³-hybridized carbons (Fsp3) is 0.412. The molecule has 0 unspecified atom stereocenters. The smallest absolute Gasteiger partial charge is 0.267 e. The van der Waals surface area contributed by atoms with Gasteiger partial charge in [0.15, 0.2) is 5.69 Å². The summed E-state index contributed by atoms with van der Waals surface area (Å²) in [4.78, 5) is 0. The second-order valence-corrected chi connectivity index (χ2v) is 5.92. The van der Waals surface area contributed by atoms with Crippen LogP contribution in [0.5, 0.6) is 11.6 Å². The van der Waals surface area contributed by atoms with Gasteiger partial charge in [0.25, 0.3) is 5.88 Å². The van der Waals surface area contributed by atoms with Crippen LogP contribution < -0.4 is 4.74 Å². The van der Waals surface area contributed by atoms with E-state index in [-0.39, 0.29) is 30.3 Å². The fourth-order valence-electron chi connectivity index (χ4n) is 2.59. The molecule has 3 N–H and O–H groups in total. The zero-order chi connectivity index (χ0) is 17.9. The topological polar surface area (TPSA) is 91.3 Å². The number of halogens is 2. The number of aromatic amines is 1. The minimum absolute atomic E-state index is 0.0316. The van der Waals surface area contributed by atoms with Crippen LogP contribution in [-0.2, 0) is 0 Å². The first-order chi connectivity index (χ1) is 11.9. The molecule has 1 saturated carbocycles. The molecular formula is C17H17F2N3O3. The molecule has 25 heavy (non-hydrogen) atoms. The molecule has 1 aliphatic carbocycles. The molecule has 1 aliphatic rings. The molecule has 1 aromatic heterocycles. The minimum Gasteiger partial charge on any atom is -0.436 e. The maximum atomic E-state index is 13.1. The third-order valence-corrected chi connectivity index (χ3v) is 3.97. The molecule has 0 amide bonds. The van der Waals surface area contributed by atoms with E-state index < -0.39 is 12.2 Å². The van der Waals surface area contributed by atoms with E-state index in [1.807, 2.05) is 0 Å². The van der Waals surface area contributed by atoms with Gasteiger partial charge in [-0.25, -0.2) is 8.78 Å². The molecule has 1 aromatic carbocycles. The Balaban J connectivity index is 1.68. The van der Waals surface area contributed by atoms with E-state index in [4.69, 9.17) is 14.9 Å². The Morgan fingerprint density at radius 3 is 2.72 bits per heavy atom. The number of aromatic nitrogens is 3. The van der Waals surface area contributed by atoms with Crippen molar-refractivity contribution in [2.75, 3.05) is 0 Å². The van der Waals surface area contributed by atoms with E-state index in [1.165, 1.54) is 0 Å². The molecule has 6 nitrogen and oxygen atoms in total. The number of hydrogen-bond donors (Lipinski definition) is 3. The number of benzene rings is 1. The van der Waals surface area contributed by atoms with Gasteiger partial charge in [-0.1, -0.05) is 17.9 Å². The van der Waals surface area contributed by atoms with Crippen molar-refractivity contribution in [2.45, 2.75) is 37.9 Å². The van der Waals surface area contributed by atoms with Crippen molar-refractivity contribution in [3.05, 3.63) is 35.5 Å². The lowest BCUT2D eigenvalue weighted by molar-refractivity contribution is -0.0471. The van der Waals surface area contributed by atoms with E-state index in [0.29, 0.717) is 24.2 Å². The summed E-state index contributed by atoms with van der Waals surface area (Å²) in [7, 11) is 0. The molecule has 1 heterocycles. The zero-order valence-electron chi connectivity index (χ0n) is 13.2. The molecule has 0 atom stereocenters. The number of alkyl halides is 2. The molecule has 0 saturated heterocycles. The van der Waals surface area contributed by atoms with Crippen LogP contribution in [0.4, 0.5) is 8.78 Å². The van der Waals surface area contributed by atoms with E-state index in [0.717, 1.165) is 0 Å². The summed E-state index contributed by atoms with van der Waals surface area (Å²) < 4.78 is 31.8. The summed E-state index contributed by atoms with van der Waals surface area (Å²) in [6.45, 7) is 0. The van der Waals surface area contributed by atoms with E-state index >= 15 is 0 Å². The molecule has 0 spiro atoms. The number of nitrogens with zero attached hydrogens (tertiary/aromatic N) is 2. The van der Waals surface area contributed by atoms with Gasteiger partial charge in [0.05, 0.1) is 0 Å². The molecule has 132 valence electrons. The van der Waals surface area contributed by atoms with Gasteiger partial charge < -0.3 is 14.9 Å². The van der Waals surface area contributed by atoms with Crippen molar-refractivity contribution in [3.8, 4) is 23.5 Å². The highest BCUT2D eigenvalue weighted by atomic mass is 19.3. The fourth-order valence-corrected chi connectivity index (χ4v) is 2.59. The van der Waals surface area contributed by atoms with Crippen LogP contribution in [0.2, 0.25) is 0 Å². The highest BCUT2D eigenvalue weighted by Gasteiger charge is 2.34. The average molecular weight is 349 g/mol. The Labute approximate surface area is 142 Å². The number of ether oxygens (including phenoxy) is 1. The Hall–Kier alpha value is -2.50. The predicted molar refractivity (Wildman–Crippen MR) is 83.9 cm³/mol.